The summed E-state index contributed by atoms with van der Waals surface area (Å²) in [5, 5.41) is 23.0. The van der Waals surface area contributed by atoms with Gasteiger partial charge in [-0.3, -0.25) is 19.5 Å². The normalized spacial score (nSPS) is 24.1. The molecule has 2 saturated heterocycles. The second-order valence-electron chi connectivity index (χ2n) is 11.7. The zero-order valence-corrected chi connectivity index (χ0v) is 24.6. The van der Waals surface area contributed by atoms with Crippen LogP contribution in [0, 0.1) is 17.8 Å². The molecule has 2 fully saturated rings. The number of imide groups is 1. The van der Waals surface area contributed by atoms with Crippen LogP contribution in [0.2, 0.25) is 6.32 Å². The van der Waals surface area contributed by atoms with Gasteiger partial charge in [0.2, 0.25) is 11.8 Å². The monoisotopic (exact) mass is 580 g/mol. The Balaban J connectivity index is 1.36. The number of aromatic nitrogens is 1. The third kappa shape index (κ3) is 5.53. The number of rotatable bonds is 9. The van der Waals surface area contributed by atoms with Gasteiger partial charge < -0.3 is 19.5 Å². The highest BCUT2D eigenvalue weighted by molar-refractivity contribution is 6.43. The Hall–Kier alpha value is -3.79. The van der Waals surface area contributed by atoms with Gasteiger partial charge in [-0.05, 0) is 89.9 Å². The lowest BCUT2D eigenvalue weighted by Crippen LogP contribution is -2.46. The maximum absolute atomic E-state index is 13.6. The number of nitrogens with zero attached hydrogens (tertiary/aromatic N) is 2. The summed E-state index contributed by atoms with van der Waals surface area (Å²) < 4.78 is 11.8. The summed E-state index contributed by atoms with van der Waals surface area (Å²) in [5.41, 5.74) is 4.78. The molecule has 2 N–H and O–H groups in total. The minimum Gasteiger partial charge on any atom is -0.507 e. The van der Waals surface area contributed by atoms with E-state index in [2.05, 4.69) is 11.1 Å². The van der Waals surface area contributed by atoms with Crippen LogP contribution < -0.4 is 0 Å². The van der Waals surface area contributed by atoms with E-state index in [1.807, 2.05) is 55.5 Å². The van der Waals surface area contributed by atoms with Crippen molar-refractivity contribution < 1.29 is 29.1 Å². The van der Waals surface area contributed by atoms with Crippen LogP contribution in [-0.4, -0.2) is 65.3 Å². The van der Waals surface area contributed by atoms with Crippen molar-refractivity contribution in [3.05, 3.63) is 83.2 Å². The molecule has 3 aliphatic rings. The Labute approximate surface area is 252 Å². The van der Waals surface area contributed by atoms with E-state index in [9.17, 15) is 19.7 Å². The van der Waals surface area contributed by atoms with Gasteiger partial charge in [0.1, 0.15) is 5.75 Å². The van der Waals surface area contributed by atoms with E-state index in [-0.39, 0.29) is 29.8 Å². The van der Waals surface area contributed by atoms with Crippen molar-refractivity contribution >= 4 is 41.4 Å². The quantitative estimate of drug-likeness (QED) is 0.206. The largest absolute Gasteiger partial charge is 0.507 e. The molecule has 1 aromatic heterocycles. The average molecular weight is 580 g/mol. The number of ether oxygens (including phenoxy) is 1. The fraction of sp³-hybridized carbons (Fsp3) is 0.382. The standard InChI is InChI=1S/C34H37BN2O6/c1-3-16-37-33(39)26-18-23(20-42-2)31-27(32(26)34(37)40)19-35(41)43-30(31)14-12-22(28-10-6-7-15-36-28)17-21-11-13-29(38)25-9-5-4-8-24(21)25/h4-11,13,15,17,26-27,30,32,38,41H,3,12,14,16,18-20H2,1-2H3/b22-17-/t26-,27+,30-,32-/m1/s1. The molecule has 2 aromatic carbocycles. The van der Waals surface area contributed by atoms with E-state index in [1.165, 1.54) is 4.90 Å². The van der Waals surface area contributed by atoms with Crippen molar-refractivity contribution in [1.82, 2.24) is 9.88 Å². The molecule has 4 atom stereocenters. The number of hydrogen-bond donors (Lipinski definition) is 2. The topological polar surface area (TPSA) is 109 Å². The Kier molecular flexibility index (Phi) is 8.48. The number of benzene rings is 2. The smallest absolute Gasteiger partial charge is 0.455 e. The maximum atomic E-state index is 13.6. The average Bonchev–Trinajstić information content (AvgIpc) is 3.25. The first-order valence-electron chi connectivity index (χ1n) is 15.1. The van der Waals surface area contributed by atoms with Crippen LogP contribution >= 0.6 is 0 Å². The molecular formula is C34H37BN2O6. The lowest BCUT2D eigenvalue weighted by Gasteiger charge is -2.43. The molecule has 0 radical (unpaired) electrons. The van der Waals surface area contributed by atoms with Gasteiger partial charge in [-0.25, -0.2) is 0 Å². The van der Waals surface area contributed by atoms with Gasteiger partial charge in [0, 0.05) is 25.2 Å². The summed E-state index contributed by atoms with van der Waals surface area (Å²) in [6.45, 7) is 2.73. The molecule has 43 heavy (non-hydrogen) atoms. The summed E-state index contributed by atoms with van der Waals surface area (Å²) in [5.74, 6) is -1.19. The summed E-state index contributed by atoms with van der Waals surface area (Å²) in [7, 11) is 0.602. The van der Waals surface area contributed by atoms with Crippen molar-refractivity contribution in [2.24, 2.45) is 17.8 Å². The van der Waals surface area contributed by atoms with E-state index in [0.717, 1.165) is 38.7 Å². The van der Waals surface area contributed by atoms with Gasteiger partial charge in [-0.1, -0.05) is 43.3 Å². The predicted octanol–water partition coefficient (Wildman–Crippen LogP) is 5.11. The highest BCUT2D eigenvalue weighted by atomic mass is 16.5. The highest BCUT2D eigenvalue weighted by Gasteiger charge is 2.57. The van der Waals surface area contributed by atoms with Crippen LogP contribution in [0.3, 0.4) is 0 Å². The molecule has 3 aromatic rings. The third-order valence-corrected chi connectivity index (χ3v) is 9.10. The van der Waals surface area contributed by atoms with Crippen LogP contribution in [0.5, 0.6) is 5.75 Å². The van der Waals surface area contributed by atoms with Gasteiger partial charge in [0.25, 0.3) is 0 Å². The molecule has 8 nitrogen and oxygen atoms in total. The van der Waals surface area contributed by atoms with E-state index >= 15 is 0 Å². The van der Waals surface area contributed by atoms with Crippen LogP contribution in [0.15, 0.2) is 71.9 Å². The van der Waals surface area contributed by atoms with Crippen LogP contribution in [0.4, 0.5) is 0 Å². The van der Waals surface area contributed by atoms with Gasteiger partial charge >= 0.3 is 7.12 Å². The van der Waals surface area contributed by atoms with Crippen molar-refractivity contribution in [3.8, 4) is 5.75 Å². The summed E-state index contributed by atoms with van der Waals surface area (Å²) in [6.07, 6.45) is 6.02. The minimum absolute atomic E-state index is 0.108. The number of carbonyl (C=O) groups excluding carboxylic acids is 2. The number of methoxy groups -OCH3 is 1. The number of pyridine rings is 1. The minimum atomic E-state index is -1.03. The molecule has 6 rings (SSSR count). The first-order valence-corrected chi connectivity index (χ1v) is 15.1. The highest BCUT2D eigenvalue weighted by Crippen LogP contribution is 2.50. The first-order chi connectivity index (χ1) is 20.9. The van der Waals surface area contributed by atoms with E-state index in [4.69, 9.17) is 9.39 Å². The Morgan fingerprint density at radius 3 is 2.63 bits per heavy atom. The summed E-state index contributed by atoms with van der Waals surface area (Å²) in [4.78, 5) is 32.9. The number of likely N-dealkylation sites (tertiary alicyclic amines) is 1. The van der Waals surface area contributed by atoms with Crippen molar-refractivity contribution in [1.29, 1.82) is 0 Å². The maximum Gasteiger partial charge on any atom is 0.455 e. The molecule has 3 heterocycles. The van der Waals surface area contributed by atoms with Crippen LogP contribution in [0.1, 0.15) is 43.9 Å². The van der Waals surface area contributed by atoms with E-state index < -0.39 is 25.1 Å². The molecule has 9 heteroatoms. The molecule has 0 saturated carbocycles. The second-order valence-corrected chi connectivity index (χ2v) is 11.7. The third-order valence-electron chi connectivity index (χ3n) is 9.10. The Morgan fingerprint density at radius 2 is 1.88 bits per heavy atom. The number of phenolic OH excluding ortho intramolecular Hbond substituents is 1. The second kappa shape index (κ2) is 12.4. The molecular weight excluding hydrogens is 543 g/mol. The lowest BCUT2D eigenvalue weighted by atomic mass is 9.58. The number of allylic oxidation sites excluding steroid dienone is 1. The molecule has 0 bridgehead atoms. The fourth-order valence-electron chi connectivity index (χ4n) is 7.31. The summed E-state index contributed by atoms with van der Waals surface area (Å²) >= 11 is 0. The molecule has 222 valence electrons. The van der Waals surface area contributed by atoms with E-state index in [0.29, 0.717) is 38.8 Å². The summed E-state index contributed by atoms with van der Waals surface area (Å²) in [6, 6.07) is 17.2. The Bertz CT molecular complexity index is 1590. The number of amides is 2. The zero-order valence-electron chi connectivity index (χ0n) is 24.6. The van der Waals surface area contributed by atoms with Crippen LogP contribution in [0.25, 0.3) is 22.4 Å². The lowest BCUT2D eigenvalue weighted by molar-refractivity contribution is -0.140. The van der Waals surface area contributed by atoms with Gasteiger partial charge in [-0.15, -0.1) is 0 Å². The van der Waals surface area contributed by atoms with Crippen LogP contribution in [-0.2, 0) is 19.0 Å². The van der Waals surface area contributed by atoms with Gasteiger partial charge in [0.05, 0.1) is 30.2 Å². The van der Waals surface area contributed by atoms with Gasteiger partial charge in [0.15, 0.2) is 0 Å². The number of fused-ring (bicyclic) bond motifs is 4. The Morgan fingerprint density at radius 1 is 1.09 bits per heavy atom. The number of carbonyl (C=O) groups is 2. The van der Waals surface area contributed by atoms with Crippen molar-refractivity contribution in [3.63, 3.8) is 0 Å². The molecule has 1 aliphatic carbocycles. The van der Waals surface area contributed by atoms with Gasteiger partial charge in [-0.2, -0.15) is 0 Å². The predicted molar refractivity (Wildman–Crippen MR) is 166 cm³/mol. The molecule has 2 amide bonds. The first kappa shape index (κ1) is 29.3. The zero-order chi connectivity index (χ0) is 30.1. The molecule has 0 spiro atoms. The SMILES string of the molecule is CCCN1C(=O)[C@@H]2[C@@H](CC(COC)=C3[C@@H](CC/C(=C/c4ccc(O)c5ccccc45)c4ccccn4)OB(O)C[C@@H]32)C1=O. The molecule has 0 unspecified atom stereocenters. The number of hydrogen-bond acceptors (Lipinski definition) is 7. The molecule has 2 aliphatic heterocycles. The van der Waals surface area contributed by atoms with E-state index in [1.54, 1.807) is 19.4 Å². The van der Waals surface area contributed by atoms with Crippen molar-refractivity contribution in [2.45, 2.75) is 45.0 Å². The van der Waals surface area contributed by atoms with Crippen molar-refractivity contribution in [2.75, 3.05) is 20.3 Å². The number of aromatic hydroxyl groups is 1. The number of phenols is 1. The fourth-order valence-corrected chi connectivity index (χ4v) is 7.31.